The Morgan fingerprint density at radius 1 is 1.03 bits per heavy atom. The van der Waals surface area contributed by atoms with Crippen molar-refractivity contribution in [2.75, 3.05) is 0 Å². The van der Waals surface area contributed by atoms with Gasteiger partial charge in [0.2, 0.25) is 5.91 Å². The van der Waals surface area contributed by atoms with Gasteiger partial charge in [0.15, 0.2) is 5.52 Å². The van der Waals surface area contributed by atoms with Crippen LogP contribution in [0.4, 0.5) is 0 Å². The van der Waals surface area contributed by atoms with Crippen molar-refractivity contribution in [1.82, 2.24) is 24.9 Å². The van der Waals surface area contributed by atoms with Gasteiger partial charge in [0.05, 0.1) is 28.6 Å². The number of carbonyl (C=O) groups is 1. The SMILES string of the molecule is CC[C@H](C(=O)NCc1ccc(OC(C)C)cc1)n1nc(C)c2c(C)n(-c3ccccc3)nc2c1=O. The van der Waals surface area contributed by atoms with Crippen LogP contribution in [0, 0.1) is 13.8 Å². The second kappa shape index (κ2) is 10.1. The van der Waals surface area contributed by atoms with Crippen molar-refractivity contribution in [1.29, 1.82) is 0 Å². The number of carbonyl (C=O) groups excluding carboxylic acids is 1. The largest absolute Gasteiger partial charge is 0.491 e. The summed E-state index contributed by atoms with van der Waals surface area (Å²) < 4.78 is 8.69. The summed E-state index contributed by atoms with van der Waals surface area (Å²) >= 11 is 0. The zero-order valence-electron chi connectivity index (χ0n) is 20.8. The van der Waals surface area contributed by atoms with Gasteiger partial charge >= 0.3 is 0 Å². The van der Waals surface area contributed by atoms with Gasteiger partial charge in [-0.05, 0) is 63.9 Å². The number of hydrogen-bond donors (Lipinski definition) is 1. The zero-order valence-corrected chi connectivity index (χ0v) is 20.8. The number of rotatable bonds is 8. The molecule has 0 saturated carbocycles. The maximum Gasteiger partial charge on any atom is 0.295 e. The van der Waals surface area contributed by atoms with Crippen molar-refractivity contribution in [2.45, 2.75) is 59.7 Å². The Morgan fingerprint density at radius 3 is 2.34 bits per heavy atom. The lowest BCUT2D eigenvalue weighted by Gasteiger charge is -2.17. The number of nitrogens with zero attached hydrogens (tertiary/aromatic N) is 4. The summed E-state index contributed by atoms with van der Waals surface area (Å²) in [6.45, 7) is 9.91. The van der Waals surface area contributed by atoms with Gasteiger partial charge < -0.3 is 10.1 Å². The molecule has 1 N–H and O–H groups in total. The van der Waals surface area contributed by atoms with E-state index in [0.717, 1.165) is 22.7 Å². The van der Waals surface area contributed by atoms with Gasteiger partial charge in [-0.15, -0.1) is 0 Å². The second-order valence-corrected chi connectivity index (χ2v) is 8.84. The molecule has 0 bridgehead atoms. The zero-order chi connectivity index (χ0) is 25.1. The van der Waals surface area contributed by atoms with Crippen LogP contribution in [0.15, 0.2) is 59.4 Å². The van der Waals surface area contributed by atoms with Crippen LogP contribution in [0.5, 0.6) is 5.75 Å². The third kappa shape index (κ3) is 4.96. The molecular formula is C27H31N5O3. The van der Waals surface area contributed by atoms with Crippen LogP contribution < -0.4 is 15.6 Å². The predicted octanol–water partition coefficient (Wildman–Crippen LogP) is 4.25. The van der Waals surface area contributed by atoms with E-state index in [1.165, 1.54) is 4.68 Å². The molecule has 0 radical (unpaired) electrons. The van der Waals surface area contributed by atoms with E-state index in [4.69, 9.17) is 4.74 Å². The fourth-order valence-corrected chi connectivity index (χ4v) is 4.22. The molecule has 182 valence electrons. The summed E-state index contributed by atoms with van der Waals surface area (Å²) in [5, 5.41) is 12.8. The Balaban J connectivity index is 1.60. The van der Waals surface area contributed by atoms with Crippen molar-refractivity contribution < 1.29 is 9.53 Å². The first-order valence-corrected chi connectivity index (χ1v) is 11.9. The van der Waals surface area contributed by atoms with Gasteiger partial charge in [-0.2, -0.15) is 10.2 Å². The molecule has 0 unspecified atom stereocenters. The summed E-state index contributed by atoms with van der Waals surface area (Å²) in [5.41, 5.74) is 3.23. The van der Waals surface area contributed by atoms with E-state index in [9.17, 15) is 9.59 Å². The number of nitrogens with one attached hydrogen (secondary N) is 1. The topological polar surface area (TPSA) is 91.0 Å². The van der Waals surface area contributed by atoms with Gasteiger partial charge in [0, 0.05) is 6.54 Å². The van der Waals surface area contributed by atoms with Gasteiger partial charge in [-0.1, -0.05) is 37.3 Å². The average Bonchev–Trinajstić information content (AvgIpc) is 3.20. The van der Waals surface area contributed by atoms with E-state index in [1.54, 1.807) is 4.68 Å². The van der Waals surface area contributed by atoms with E-state index in [2.05, 4.69) is 15.5 Å². The first-order valence-electron chi connectivity index (χ1n) is 11.9. The molecule has 1 amide bonds. The van der Waals surface area contributed by atoms with Gasteiger partial charge in [-0.3, -0.25) is 9.59 Å². The quantitative estimate of drug-likeness (QED) is 0.413. The van der Waals surface area contributed by atoms with Crippen molar-refractivity contribution in [3.8, 4) is 11.4 Å². The van der Waals surface area contributed by atoms with Crippen LogP contribution >= 0.6 is 0 Å². The molecule has 0 spiro atoms. The number of para-hydroxylation sites is 1. The molecule has 0 aliphatic heterocycles. The monoisotopic (exact) mass is 473 g/mol. The average molecular weight is 474 g/mol. The summed E-state index contributed by atoms with van der Waals surface area (Å²) in [5.74, 6) is 0.522. The Labute approximate surface area is 204 Å². The fourth-order valence-electron chi connectivity index (χ4n) is 4.22. The molecule has 2 aromatic heterocycles. The van der Waals surface area contributed by atoms with Crippen LogP contribution in [-0.4, -0.2) is 31.6 Å². The highest BCUT2D eigenvalue weighted by Gasteiger charge is 2.25. The molecule has 8 heteroatoms. The molecule has 2 heterocycles. The molecule has 1 atom stereocenters. The number of benzene rings is 2. The molecule has 0 aliphatic rings. The minimum Gasteiger partial charge on any atom is -0.491 e. The highest BCUT2D eigenvalue weighted by Crippen LogP contribution is 2.22. The number of fused-ring (bicyclic) bond motifs is 1. The molecule has 4 aromatic rings. The van der Waals surface area contributed by atoms with Crippen molar-refractivity contribution >= 4 is 16.8 Å². The minimum atomic E-state index is -0.740. The second-order valence-electron chi connectivity index (χ2n) is 8.84. The molecule has 8 nitrogen and oxygen atoms in total. The van der Waals surface area contributed by atoms with E-state index in [-0.39, 0.29) is 17.6 Å². The van der Waals surface area contributed by atoms with Crippen LogP contribution in [0.1, 0.15) is 50.2 Å². The lowest BCUT2D eigenvalue weighted by molar-refractivity contribution is -0.125. The van der Waals surface area contributed by atoms with Crippen LogP contribution in [-0.2, 0) is 11.3 Å². The van der Waals surface area contributed by atoms with Gasteiger partial charge in [0.1, 0.15) is 11.8 Å². The lowest BCUT2D eigenvalue weighted by Crippen LogP contribution is -2.38. The molecule has 4 rings (SSSR count). The normalized spacial score (nSPS) is 12.2. The third-order valence-electron chi connectivity index (χ3n) is 5.89. The molecule has 0 fully saturated rings. The Bertz CT molecular complexity index is 1390. The summed E-state index contributed by atoms with van der Waals surface area (Å²) in [4.78, 5) is 26.5. The maximum absolute atomic E-state index is 13.4. The van der Waals surface area contributed by atoms with Gasteiger partial charge in [0.25, 0.3) is 5.56 Å². The van der Waals surface area contributed by atoms with Crippen LogP contribution in [0.2, 0.25) is 0 Å². The first kappa shape index (κ1) is 24.2. The minimum absolute atomic E-state index is 0.0975. The summed E-state index contributed by atoms with van der Waals surface area (Å²) in [6, 6.07) is 16.5. The highest BCUT2D eigenvalue weighted by molar-refractivity contribution is 5.84. The number of hydrogen-bond acceptors (Lipinski definition) is 5. The maximum atomic E-state index is 13.4. The van der Waals surface area contributed by atoms with E-state index in [0.29, 0.717) is 29.6 Å². The Hall–Kier alpha value is -3.94. The van der Waals surface area contributed by atoms with Crippen molar-refractivity contribution in [3.05, 3.63) is 81.9 Å². The van der Waals surface area contributed by atoms with Crippen molar-refractivity contribution in [3.63, 3.8) is 0 Å². The molecule has 0 aliphatic carbocycles. The molecular weight excluding hydrogens is 442 g/mol. The number of aryl methyl sites for hydroxylation is 2. The number of amides is 1. The first-order chi connectivity index (χ1) is 16.8. The van der Waals surface area contributed by atoms with E-state index >= 15 is 0 Å². The lowest BCUT2D eigenvalue weighted by atomic mass is 10.1. The van der Waals surface area contributed by atoms with Crippen LogP contribution in [0.3, 0.4) is 0 Å². The Morgan fingerprint density at radius 2 is 1.71 bits per heavy atom. The van der Waals surface area contributed by atoms with Crippen LogP contribution in [0.25, 0.3) is 16.6 Å². The Kier molecular flexibility index (Phi) is 7.00. The molecule has 0 saturated heterocycles. The van der Waals surface area contributed by atoms with Crippen molar-refractivity contribution in [2.24, 2.45) is 0 Å². The predicted molar refractivity (Wildman–Crippen MR) is 136 cm³/mol. The summed E-state index contributed by atoms with van der Waals surface area (Å²) in [6.07, 6.45) is 0.517. The highest BCUT2D eigenvalue weighted by atomic mass is 16.5. The fraction of sp³-hybridized carbons (Fsp3) is 0.333. The third-order valence-corrected chi connectivity index (χ3v) is 5.89. The smallest absolute Gasteiger partial charge is 0.295 e. The van der Waals surface area contributed by atoms with E-state index in [1.807, 2.05) is 89.2 Å². The standard InChI is InChI=1S/C27H31N5O3/c1-6-23(26(33)28-16-20-12-14-22(15-13-20)35-17(2)3)32-27(34)25-24(18(4)29-32)19(5)31(30-25)21-10-8-7-9-11-21/h7-15,17,23H,6,16H2,1-5H3,(H,28,33)/t23-/m1/s1. The summed E-state index contributed by atoms with van der Waals surface area (Å²) in [7, 11) is 0. The molecule has 35 heavy (non-hydrogen) atoms. The number of ether oxygens (including phenoxy) is 1. The molecule has 2 aromatic carbocycles. The number of aromatic nitrogens is 4. The van der Waals surface area contributed by atoms with Gasteiger partial charge in [-0.25, -0.2) is 9.36 Å². The van der Waals surface area contributed by atoms with E-state index < -0.39 is 6.04 Å².